The molecule has 22 rings (SSSR count). The van der Waals surface area contributed by atoms with Crippen LogP contribution in [0.2, 0.25) is 0 Å². The largest absolute Gasteiger partial charge is 0.308 e. The van der Waals surface area contributed by atoms with E-state index in [0.29, 0.717) is 175 Å². The molecule has 0 atom stereocenters. The van der Waals surface area contributed by atoms with E-state index in [1.807, 2.05) is 187 Å². The summed E-state index contributed by atoms with van der Waals surface area (Å²) in [6.45, 7) is 0. The molecule has 104 heavy (non-hydrogen) atoms. The Morgan fingerprint density at radius 3 is 0.510 bits per heavy atom. The van der Waals surface area contributed by atoms with Gasteiger partial charge in [0.25, 0.3) is 0 Å². The van der Waals surface area contributed by atoms with Crippen LogP contribution in [0.1, 0.15) is 0 Å². The number of para-hydroxylation sites is 8. The average molecular weight is 1340 g/mol. The van der Waals surface area contributed by atoms with E-state index in [-0.39, 0.29) is 43.4 Å². The van der Waals surface area contributed by atoms with Crippen molar-refractivity contribution in [2.45, 2.75) is 0 Å². The minimum Gasteiger partial charge on any atom is -0.308 e. The van der Waals surface area contributed by atoms with Crippen LogP contribution >= 0.6 is 0 Å². The number of pyridine rings is 8. The van der Waals surface area contributed by atoms with E-state index in [1.54, 1.807) is 72.8 Å². The van der Waals surface area contributed by atoms with Crippen LogP contribution in [0.15, 0.2) is 317 Å². The van der Waals surface area contributed by atoms with Crippen molar-refractivity contribution in [3.63, 3.8) is 0 Å². The molecule has 14 aromatic carbocycles. The molecule has 22 aromatic rings. The van der Waals surface area contributed by atoms with Gasteiger partial charge in [-0.3, -0.25) is 38.4 Å². The number of hydrogen-bond acceptors (Lipinski definition) is 8. The fourth-order valence-electron chi connectivity index (χ4n) is 17.3. The molecule has 0 aliphatic carbocycles. The lowest BCUT2D eigenvalue weighted by molar-refractivity contribution is 1.31. The Balaban J connectivity index is 0.826. The Hall–Kier alpha value is -14.4. The summed E-state index contributed by atoms with van der Waals surface area (Å²) in [7, 11) is 0. The van der Waals surface area contributed by atoms with E-state index in [1.165, 1.54) is 0 Å². The van der Waals surface area contributed by atoms with Gasteiger partial charge in [0.2, 0.25) is 0 Å². The molecule has 0 amide bonds. The van der Waals surface area contributed by atoms with Crippen molar-refractivity contribution in [1.82, 2.24) is 17.6 Å². The molecule has 0 saturated heterocycles. The predicted molar refractivity (Wildman–Crippen MR) is 422 cm³/mol. The normalized spacial score (nSPS) is 12.3. The molecular weight excluding hydrogens is 1290 g/mol. The van der Waals surface area contributed by atoms with Crippen LogP contribution in [0.4, 0.5) is 0 Å². The van der Waals surface area contributed by atoms with Crippen LogP contribution in [0.3, 0.4) is 0 Å². The molecule has 0 spiro atoms. The summed E-state index contributed by atoms with van der Waals surface area (Å²) in [6.07, 6.45) is 0. The molecule has 12 nitrogen and oxygen atoms in total. The summed E-state index contributed by atoms with van der Waals surface area (Å²) in [5.41, 5.74) is 13.1. The summed E-state index contributed by atoms with van der Waals surface area (Å²) < 4.78 is 8.08. The Morgan fingerprint density at radius 2 is 0.298 bits per heavy atom. The fourth-order valence-corrected chi connectivity index (χ4v) is 17.3. The van der Waals surface area contributed by atoms with Crippen LogP contribution in [-0.4, -0.2) is 17.6 Å². The monoisotopic (exact) mass is 1330 g/mol. The van der Waals surface area contributed by atoms with E-state index in [0.717, 1.165) is 33.4 Å². The number of fused-ring (bicyclic) bond motifs is 16. The van der Waals surface area contributed by atoms with Gasteiger partial charge in [0.15, 0.2) is 43.4 Å². The zero-order valence-electron chi connectivity index (χ0n) is 54.6. The molecule has 0 aliphatic heterocycles. The molecule has 0 fully saturated rings. The lowest BCUT2D eigenvalue weighted by Crippen LogP contribution is -2.14. The molecule has 0 N–H and O–H groups in total. The van der Waals surface area contributed by atoms with Gasteiger partial charge in [0.05, 0.1) is 66.2 Å². The zero-order valence-corrected chi connectivity index (χ0v) is 54.6. The standard InChI is InChI=1S/C92H46N4O8/c97-85-57-13-1-5-25-73(57)93-77-33-29-47(43-69(77)89(101)65-21-9-17-61(85)81(65)93)51-37-52(48-30-34-78-70(44-48)90(102)66-22-10-18-62-82(66)94(78)74-26-6-2-14-58(74)86(62)98)40-55(39-51)56-41-53(49-31-35-79-71(45-49)91(103)67-23-11-19-63-83(67)95(79)75-27-7-3-15-59(75)87(63)99)38-54(42-56)50-32-36-80-72(46-50)92(104)68-24-12-20-64-84(68)96(80)76-28-8-4-16-60(76)88(64)100/h1-46H. The van der Waals surface area contributed by atoms with E-state index < -0.39 is 0 Å². The number of rotatable bonds is 5. The molecular formula is C92H46N4O8. The third-order valence-electron chi connectivity index (χ3n) is 22.0. The zero-order chi connectivity index (χ0) is 69.4. The second-order valence-corrected chi connectivity index (χ2v) is 27.4. The van der Waals surface area contributed by atoms with Crippen molar-refractivity contribution in [2.75, 3.05) is 0 Å². The highest BCUT2D eigenvalue weighted by Crippen LogP contribution is 2.42. The van der Waals surface area contributed by atoms with Gasteiger partial charge >= 0.3 is 0 Å². The highest BCUT2D eigenvalue weighted by atomic mass is 16.1. The van der Waals surface area contributed by atoms with Gasteiger partial charge < -0.3 is 17.6 Å². The van der Waals surface area contributed by atoms with Crippen LogP contribution < -0.4 is 43.4 Å². The minimum atomic E-state index is -0.232. The molecule has 8 aromatic heterocycles. The van der Waals surface area contributed by atoms with Gasteiger partial charge in [-0.25, -0.2) is 0 Å². The topological polar surface area (TPSA) is 154 Å². The van der Waals surface area contributed by atoms with E-state index in [9.17, 15) is 19.2 Å². The fraction of sp³-hybridized carbons (Fsp3) is 0. The van der Waals surface area contributed by atoms with Gasteiger partial charge in [0.1, 0.15) is 0 Å². The maximum absolute atomic E-state index is 15.2. The number of benzene rings is 14. The van der Waals surface area contributed by atoms with E-state index >= 15 is 19.2 Å². The first-order valence-electron chi connectivity index (χ1n) is 34.3. The lowest BCUT2D eigenvalue weighted by atomic mass is 9.89. The summed E-state index contributed by atoms with van der Waals surface area (Å²) in [4.78, 5) is 117. The molecule has 0 bridgehead atoms. The van der Waals surface area contributed by atoms with Crippen LogP contribution in [0.5, 0.6) is 0 Å². The third-order valence-corrected chi connectivity index (χ3v) is 22.0. The first kappa shape index (κ1) is 57.5. The quantitative estimate of drug-likeness (QED) is 0.122. The molecule has 0 saturated carbocycles. The summed E-state index contributed by atoms with van der Waals surface area (Å²) in [6, 6.07) is 86.9. The maximum atomic E-state index is 15.2. The molecule has 12 heteroatoms. The summed E-state index contributed by atoms with van der Waals surface area (Å²) in [5.74, 6) is 0. The number of nitrogens with zero attached hydrogens (tertiary/aromatic N) is 4. The predicted octanol–water partition coefficient (Wildman–Crippen LogP) is 17.5. The molecule has 0 aliphatic rings. The van der Waals surface area contributed by atoms with Crippen LogP contribution in [0.25, 0.3) is 208 Å². The van der Waals surface area contributed by atoms with Crippen molar-refractivity contribution < 1.29 is 0 Å². The Kier molecular flexibility index (Phi) is 11.4. The first-order valence-corrected chi connectivity index (χ1v) is 34.3. The Labute approximate surface area is 583 Å². The van der Waals surface area contributed by atoms with Crippen molar-refractivity contribution >= 4 is 152 Å². The first-order chi connectivity index (χ1) is 50.9. The number of aromatic nitrogens is 4. The average Bonchev–Trinajstić information content (AvgIpc) is 0.729. The lowest BCUT2D eigenvalue weighted by Gasteiger charge is -2.18. The van der Waals surface area contributed by atoms with Gasteiger partial charge in [-0.05, 0) is 238 Å². The molecule has 8 heterocycles. The van der Waals surface area contributed by atoms with Crippen molar-refractivity contribution in [2.24, 2.45) is 0 Å². The summed E-state index contributed by atoms with van der Waals surface area (Å²) >= 11 is 0. The SMILES string of the molecule is O=c1c2ccccc2n2c3ccc(-c4cc(-c5cc(-c6ccc7c(c6)c(=O)c6cccc8c(=O)c9ccccc9n7c86)cc(-c6ccc7c(c6)c(=O)c6cccc8c(=O)c9ccccc9n7c86)c5)cc(-c5ccc6c(c5)c(=O)c5cccc7c(=O)c8ccccc8n6c75)c4)cc3c(=O)c3cccc1c32. The molecule has 0 radical (unpaired) electrons. The Bertz CT molecular complexity index is 7360. The smallest absolute Gasteiger partial charge is 0.197 e. The van der Waals surface area contributed by atoms with Crippen molar-refractivity contribution in [3.05, 3.63) is 361 Å². The second-order valence-electron chi connectivity index (χ2n) is 27.4. The highest BCUT2D eigenvalue weighted by molar-refractivity contribution is 6.13. The van der Waals surface area contributed by atoms with Crippen LogP contribution in [-0.2, 0) is 0 Å². The second kappa shape index (κ2) is 20.6. The third kappa shape index (κ3) is 7.63. The van der Waals surface area contributed by atoms with E-state index in [2.05, 4.69) is 36.4 Å². The van der Waals surface area contributed by atoms with Gasteiger partial charge in [-0.15, -0.1) is 0 Å². The maximum Gasteiger partial charge on any atom is 0.197 e. The summed E-state index contributed by atoms with van der Waals surface area (Å²) in [5, 5.41) is 7.26. The highest BCUT2D eigenvalue weighted by Gasteiger charge is 2.25. The molecule has 0 unspecified atom stereocenters. The van der Waals surface area contributed by atoms with Gasteiger partial charge in [-0.1, -0.05) is 97.1 Å². The Morgan fingerprint density at radius 1 is 0.135 bits per heavy atom. The van der Waals surface area contributed by atoms with Gasteiger partial charge in [0, 0.05) is 86.2 Å². The molecule has 482 valence electrons. The van der Waals surface area contributed by atoms with Crippen LogP contribution in [0, 0.1) is 0 Å². The van der Waals surface area contributed by atoms with Gasteiger partial charge in [-0.2, -0.15) is 0 Å². The minimum absolute atomic E-state index is 0.153. The number of hydrogen-bond donors (Lipinski definition) is 0. The van der Waals surface area contributed by atoms with E-state index in [4.69, 9.17) is 0 Å². The van der Waals surface area contributed by atoms with Crippen molar-refractivity contribution in [3.8, 4) is 55.6 Å². The van der Waals surface area contributed by atoms with Crippen molar-refractivity contribution in [1.29, 1.82) is 0 Å².